The summed E-state index contributed by atoms with van der Waals surface area (Å²) >= 11 is 0. The number of benzene rings is 2. The van der Waals surface area contributed by atoms with Crippen LogP contribution in [-0.2, 0) is 4.74 Å². The second-order valence-corrected chi connectivity index (χ2v) is 4.55. The van der Waals surface area contributed by atoms with Crippen molar-refractivity contribution in [3.8, 4) is 11.5 Å². The molecule has 0 aromatic heterocycles. The second kappa shape index (κ2) is 6.44. The standard InChI is InChI=1S/C17H20O3/c1-12-8-5-6-9-13(12)17(20-4)16-14(18-2)10-7-11-15(16)19-3/h5-11,17H,1-4H3/t17-/m0/s1. The minimum Gasteiger partial charge on any atom is -0.496 e. The maximum Gasteiger partial charge on any atom is 0.128 e. The maximum absolute atomic E-state index is 5.73. The number of hydrogen-bond acceptors (Lipinski definition) is 3. The topological polar surface area (TPSA) is 27.7 Å². The highest BCUT2D eigenvalue weighted by atomic mass is 16.5. The highest BCUT2D eigenvalue weighted by Crippen LogP contribution is 2.39. The summed E-state index contributed by atoms with van der Waals surface area (Å²) in [6.45, 7) is 2.07. The van der Waals surface area contributed by atoms with Crippen LogP contribution in [-0.4, -0.2) is 21.3 Å². The molecule has 0 spiro atoms. The van der Waals surface area contributed by atoms with Crippen LogP contribution in [0.15, 0.2) is 42.5 Å². The highest BCUT2D eigenvalue weighted by Gasteiger charge is 2.23. The van der Waals surface area contributed by atoms with E-state index < -0.39 is 0 Å². The molecule has 20 heavy (non-hydrogen) atoms. The third kappa shape index (κ3) is 2.63. The van der Waals surface area contributed by atoms with Crippen molar-refractivity contribution >= 4 is 0 Å². The number of rotatable bonds is 5. The molecule has 2 rings (SSSR count). The number of hydrogen-bond donors (Lipinski definition) is 0. The van der Waals surface area contributed by atoms with Crippen molar-refractivity contribution in [1.29, 1.82) is 0 Å². The zero-order valence-corrected chi connectivity index (χ0v) is 12.3. The molecule has 3 heteroatoms. The third-order valence-electron chi connectivity index (χ3n) is 3.43. The molecule has 0 N–H and O–H groups in total. The Morgan fingerprint density at radius 2 is 1.40 bits per heavy atom. The number of methoxy groups -OCH3 is 3. The lowest BCUT2D eigenvalue weighted by atomic mass is 9.96. The van der Waals surface area contributed by atoms with Gasteiger partial charge in [0.15, 0.2) is 0 Å². The average Bonchev–Trinajstić information content (AvgIpc) is 2.49. The van der Waals surface area contributed by atoms with E-state index >= 15 is 0 Å². The van der Waals surface area contributed by atoms with Gasteiger partial charge in [-0.15, -0.1) is 0 Å². The van der Waals surface area contributed by atoms with Crippen LogP contribution in [0, 0.1) is 6.92 Å². The van der Waals surface area contributed by atoms with E-state index in [9.17, 15) is 0 Å². The van der Waals surface area contributed by atoms with E-state index in [1.54, 1.807) is 21.3 Å². The first-order valence-corrected chi connectivity index (χ1v) is 6.52. The molecular formula is C17H20O3. The van der Waals surface area contributed by atoms with Gasteiger partial charge in [0.05, 0.1) is 19.8 Å². The molecule has 0 amide bonds. The van der Waals surface area contributed by atoms with Crippen molar-refractivity contribution in [2.24, 2.45) is 0 Å². The van der Waals surface area contributed by atoms with Gasteiger partial charge >= 0.3 is 0 Å². The van der Waals surface area contributed by atoms with E-state index in [0.29, 0.717) is 0 Å². The molecule has 2 aromatic carbocycles. The lowest BCUT2D eigenvalue weighted by Gasteiger charge is -2.22. The SMILES string of the molecule is COc1cccc(OC)c1[C@@H](OC)c1ccccc1C. The van der Waals surface area contributed by atoms with Crippen molar-refractivity contribution in [1.82, 2.24) is 0 Å². The van der Waals surface area contributed by atoms with Gasteiger partial charge in [0.2, 0.25) is 0 Å². The van der Waals surface area contributed by atoms with E-state index in [2.05, 4.69) is 19.1 Å². The van der Waals surface area contributed by atoms with Gasteiger partial charge in [-0.2, -0.15) is 0 Å². The highest BCUT2D eigenvalue weighted by molar-refractivity contribution is 5.50. The van der Waals surface area contributed by atoms with Crippen LogP contribution < -0.4 is 9.47 Å². The first kappa shape index (κ1) is 14.4. The van der Waals surface area contributed by atoms with E-state index in [0.717, 1.165) is 22.6 Å². The normalized spacial score (nSPS) is 12.0. The second-order valence-electron chi connectivity index (χ2n) is 4.55. The van der Waals surface area contributed by atoms with Crippen molar-refractivity contribution in [2.75, 3.05) is 21.3 Å². The fraction of sp³-hybridized carbons (Fsp3) is 0.294. The van der Waals surface area contributed by atoms with Gasteiger partial charge in [-0.3, -0.25) is 0 Å². The molecule has 0 aliphatic carbocycles. The molecule has 2 aromatic rings. The zero-order valence-electron chi connectivity index (χ0n) is 12.3. The Morgan fingerprint density at radius 1 is 0.800 bits per heavy atom. The third-order valence-corrected chi connectivity index (χ3v) is 3.43. The van der Waals surface area contributed by atoms with Crippen LogP contribution in [0.4, 0.5) is 0 Å². The van der Waals surface area contributed by atoms with Crippen LogP contribution in [0.25, 0.3) is 0 Å². The van der Waals surface area contributed by atoms with Gasteiger partial charge in [-0.25, -0.2) is 0 Å². The lowest BCUT2D eigenvalue weighted by Crippen LogP contribution is -2.09. The molecule has 0 unspecified atom stereocenters. The first-order chi connectivity index (χ1) is 9.72. The van der Waals surface area contributed by atoms with Gasteiger partial charge < -0.3 is 14.2 Å². The Kier molecular flexibility index (Phi) is 4.64. The maximum atomic E-state index is 5.73. The molecule has 1 atom stereocenters. The van der Waals surface area contributed by atoms with Crippen molar-refractivity contribution in [3.63, 3.8) is 0 Å². The predicted octanol–water partition coefficient (Wildman–Crippen LogP) is 3.75. The molecule has 0 heterocycles. The monoisotopic (exact) mass is 272 g/mol. The molecular weight excluding hydrogens is 252 g/mol. The molecule has 0 radical (unpaired) electrons. The Labute approximate surface area is 120 Å². The summed E-state index contributed by atoms with van der Waals surface area (Å²) in [6, 6.07) is 13.9. The summed E-state index contributed by atoms with van der Waals surface area (Å²) in [5, 5.41) is 0. The summed E-state index contributed by atoms with van der Waals surface area (Å²) in [7, 11) is 5.01. The largest absolute Gasteiger partial charge is 0.496 e. The van der Waals surface area contributed by atoms with E-state index in [-0.39, 0.29) is 6.10 Å². The Morgan fingerprint density at radius 3 is 1.90 bits per heavy atom. The van der Waals surface area contributed by atoms with Gasteiger partial charge in [0.25, 0.3) is 0 Å². The van der Waals surface area contributed by atoms with E-state index in [1.807, 2.05) is 30.3 Å². The summed E-state index contributed by atoms with van der Waals surface area (Å²) in [6.07, 6.45) is -0.220. The molecule has 3 nitrogen and oxygen atoms in total. The van der Waals surface area contributed by atoms with Crippen LogP contribution in [0.3, 0.4) is 0 Å². The van der Waals surface area contributed by atoms with Gasteiger partial charge in [-0.1, -0.05) is 30.3 Å². The minimum atomic E-state index is -0.220. The summed E-state index contributed by atoms with van der Waals surface area (Å²) in [5.74, 6) is 1.53. The predicted molar refractivity (Wildman–Crippen MR) is 79.6 cm³/mol. The molecule has 0 fully saturated rings. The van der Waals surface area contributed by atoms with Crippen LogP contribution >= 0.6 is 0 Å². The van der Waals surface area contributed by atoms with Crippen molar-refractivity contribution < 1.29 is 14.2 Å². The van der Waals surface area contributed by atoms with Crippen molar-refractivity contribution in [3.05, 3.63) is 59.2 Å². The molecule has 0 saturated carbocycles. The first-order valence-electron chi connectivity index (χ1n) is 6.52. The lowest BCUT2D eigenvalue weighted by molar-refractivity contribution is 0.130. The Balaban J connectivity index is 2.60. The van der Waals surface area contributed by atoms with Gasteiger partial charge in [0.1, 0.15) is 17.6 Å². The van der Waals surface area contributed by atoms with Crippen LogP contribution in [0.2, 0.25) is 0 Å². The number of aryl methyl sites for hydroxylation is 1. The van der Waals surface area contributed by atoms with Crippen LogP contribution in [0.1, 0.15) is 22.8 Å². The minimum absolute atomic E-state index is 0.220. The quantitative estimate of drug-likeness (QED) is 0.829. The fourth-order valence-electron chi connectivity index (χ4n) is 2.42. The summed E-state index contributed by atoms with van der Waals surface area (Å²) < 4.78 is 16.7. The van der Waals surface area contributed by atoms with E-state index in [4.69, 9.17) is 14.2 Å². The van der Waals surface area contributed by atoms with Gasteiger partial charge in [0, 0.05) is 7.11 Å². The summed E-state index contributed by atoms with van der Waals surface area (Å²) in [5.41, 5.74) is 3.19. The smallest absolute Gasteiger partial charge is 0.128 e. The van der Waals surface area contributed by atoms with Crippen molar-refractivity contribution in [2.45, 2.75) is 13.0 Å². The fourth-order valence-corrected chi connectivity index (χ4v) is 2.42. The molecule has 0 bridgehead atoms. The molecule has 0 saturated heterocycles. The van der Waals surface area contributed by atoms with Gasteiger partial charge in [-0.05, 0) is 30.2 Å². The number of ether oxygens (including phenoxy) is 3. The zero-order chi connectivity index (χ0) is 14.5. The molecule has 0 aliphatic heterocycles. The Bertz CT molecular complexity index is 556. The summed E-state index contributed by atoms with van der Waals surface area (Å²) in [4.78, 5) is 0. The van der Waals surface area contributed by atoms with E-state index in [1.165, 1.54) is 5.56 Å². The molecule has 0 aliphatic rings. The van der Waals surface area contributed by atoms with Crippen LogP contribution in [0.5, 0.6) is 11.5 Å². The molecule has 106 valence electrons. The average molecular weight is 272 g/mol. The Hall–Kier alpha value is -2.00.